The molecule has 2 rings (SSSR count). The number of benzene rings is 1. The van der Waals surface area contributed by atoms with Gasteiger partial charge in [0.25, 0.3) is 0 Å². The molecule has 0 spiro atoms. The predicted molar refractivity (Wildman–Crippen MR) is 56.1 cm³/mol. The van der Waals surface area contributed by atoms with Crippen molar-refractivity contribution in [3.05, 3.63) is 41.6 Å². The quantitative estimate of drug-likeness (QED) is 0.719. The first kappa shape index (κ1) is 10.9. The van der Waals surface area contributed by atoms with Crippen LogP contribution in [0, 0.1) is 0 Å². The number of nitrogens with zero attached hydrogens (tertiary/aromatic N) is 1. The zero-order valence-corrected chi connectivity index (χ0v) is 8.67. The Kier molecular flexibility index (Phi) is 2.58. The second-order valence-corrected chi connectivity index (χ2v) is 3.55. The standard InChI is InChI=1S/C12H10F3N/c1-2-8-5-6-16-11-7-9(12(13,14)15)3-4-10(8)11/h3-7H,2H2,1H3. The van der Waals surface area contributed by atoms with Gasteiger partial charge in [-0.3, -0.25) is 4.98 Å². The molecule has 0 fully saturated rings. The van der Waals surface area contributed by atoms with Crippen LogP contribution >= 0.6 is 0 Å². The van der Waals surface area contributed by atoms with Gasteiger partial charge in [0, 0.05) is 11.6 Å². The van der Waals surface area contributed by atoms with Gasteiger partial charge < -0.3 is 0 Å². The fourth-order valence-corrected chi connectivity index (χ4v) is 1.69. The highest BCUT2D eigenvalue weighted by atomic mass is 19.4. The van der Waals surface area contributed by atoms with Gasteiger partial charge in [-0.15, -0.1) is 0 Å². The SMILES string of the molecule is CCc1ccnc2cc(C(F)(F)F)ccc12. The fraction of sp³-hybridized carbons (Fsp3) is 0.250. The Morgan fingerprint density at radius 3 is 2.56 bits per heavy atom. The van der Waals surface area contributed by atoms with Crippen LogP contribution in [0.15, 0.2) is 30.5 Å². The van der Waals surface area contributed by atoms with Crippen LogP contribution in [0.25, 0.3) is 10.9 Å². The molecule has 0 aliphatic heterocycles. The van der Waals surface area contributed by atoms with Crippen LogP contribution < -0.4 is 0 Å². The number of fused-ring (bicyclic) bond motifs is 1. The lowest BCUT2D eigenvalue weighted by molar-refractivity contribution is -0.137. The van der Waals surface area contributed by atoms with Crippen molar-refractivity contribution in [2.24, 2.45) is 0 Å². The molecular weight excluding hydrogens is 215 g/mol. The Hall–Kier alpha value is -1.58. The molecule has 1 aromatic carbocycles. The summed E-state index contributed by atoms with van der Waals surface area (Å²) in [6, 6.07) is 5.51. The molecule has 0 N–H and O–H groups in total. The molecule has 0 aliphatic rings. The Labute approximate surface area is 90.9 Å². The summed E-state index contributed by atoms with van der Waals surface area (Å²) in [5, 5.41) is 0.790. The lowest BCUT2D eigenvalue weighted by atomic mass is 10.0. The number of aryl methyl sites for hydroxylation is 1. The summed E-state index contributed by atoms with van der Waals surface area (Å²) in [4.78, 5) is 3.96. The second kappa shape index (κ2) is 3.77. The van der Waals surface area contributed by atoms with Crippen LogP contribution in [0.1, 0.15) is 18.1 Å². The maximum atomic E-state index is 12.5. The molecular formula is C12H10F3N. The van der Waals surface area contributed by atoms with Crippen molar-refractivity contribution in [2.45, 2.75) is 19.5 Å². The molecule has 1 nitrogen and oxygen atoms in total. The summed E-state index contributed by atoms with van der Waals surface area (Å²) >= 11 is 0. The molecule has 2 aromatic rings. The first-order chi connectivity index (χ1) is 7.52. The molecule has 0 bridgehead atoms. The number of hydrogen-bond donors (Lipinski definition) is 0. The summed E-state index contributed by atoms with van der Waals surface area (Å²) in [6.45, 7) is 1.96. The van der Waals surface area contributed by atoms with Gasteiger partial charge in [0.2, 0.25) is 0 Å². The van der Waals surface area contributed by atoms with E-state index in [1.54, 1.807) is 6.20 Å². The number of pyridine rings is 1. The molecule has 84 valence electrons. The number of hydrogen-bond acceptors (Lipinski definition) is 1. The highest BCUT2D eigenvalue weighted by Crippen LogP contribution is 2.31. The third-order valence-corrected chi connectivity index (χ3v) is 2.54. The predicted octanol–water partition coefficient (Wildman–Crippen LogP) is 3.82. The minimum Gasteiger partial charge on any atom is -0.256 e. The zero-order valence-electron chi connectivity index (χ0n) is 8.67. The van der Waals surface area contributed by atoms with Crippen molar-refractivity contribution in [3.63, 3.8) is 0 Å². The topological polar surface area (TPSA) is 12.9 Å². The molecule has 0 amide bonds. The normalized spacial score (nSPS) is 12.0. The van der Waals surface area contributed by atoms with E-state index in [4.69, 9.17) is 0 Å². The lowest BCUT2D eigenvalue weighted by Gasteiger charge is -2.08. The van der Waals surface area contributed by atoms with Gasteiger partial charge in [-0.05, 0) is 30.2 Å². The van der Waals surface area contributed by atoms with E-state index in [0.29, 0.717) is 5.52 Å². The van der Waals surface area contributed by atoms with E-state index >= 15 is 0 Å². The van der Waals surface area contributed by atoms with Crippen molar-refractivity contribution in [2.75, 3.05) is 0 Å². The highest BCUT2D eigenvalue weighted by Gasteiger charge is 2.30. The maximum absolute atomic E-state index is 12.5. The largest absolute Gasteiger partial charge is 0.416 e. The molecule has 1 heterocycles. The van der Waals surface area contributed by atoms with Gasteiger partial charge in [-0.25, -0.2) is 0 Å². The van der Waals surface area contributed by atoms with Gasteiger partial charge in [0.05, 0.1) is 11.1 Å². The first-order valence-corrected chi connectivity index (χ1v) is 4.97. The smallest absolute Gasteiger partial charge is 0.256 e. The number of aromatic nitrogens is 1. The van der Waals surface area contributed by atoms with Crippen LogP contribution in [-0.4, -0.2) is 4.98 Å². The van der Waals surface area contributed by atoms with Crippen molar-refractivity contribution in [1.29, 1.82) is 0 Å². The van der Waals surface area contributed by atoms with Gasteiger partial charge in [0.15, 0.2) is 0 Å². The molecule has 0 aliphatic carbocycles. The van der Waals surface area contributed by atoms with Crippen LogP contribution in [-0.2, 0) is 12.6 Å². The average Bonchev–Trinajstić information content (AvgIpc) is 2.26. The minimum atomic E-state index is -4.31. The molecule has 0 saturated heterocycles. The summed E-state index contributed by atoms with van der Waals surface area (Å²) in [5.41, 5.74) is 0.758. The van der Waals surface area contributed by atoms with Gasteiger partial charge >= 0.3 is 6.18 Å². The van der Waals surface area contributed by atoms with Gasteiger partial charge in [0.1, 0.15) is 0 Å². The number of halogens is 3. The first-order valence-electron chi connectivity index (χ1n) is 4.97. The molecule has 16 heavy (non-hydrogen) atoms. The van der Waals surface area contributed by atoms with Crippen molar-refractivity contribution in [3.8, 4) is 0 Å². The third kappa shape index (κ3) is 1.87. The van der Waals surface area contributed by atoms with E-state index in [-0.39, 0.29) is 0 Å². The summed E-state index contributed by atoms with van der Waals surface area (Å²) < 4.78 is 37.4. The van der Waals surface area contributed by atoms with E-state index in [9.17, 15) is 13.2 Å². The van der Waals surface area contributed by atoms with Gasteiger partial charge in [-0.2, -0.15) is 13.2 Å². The lowest BCUT2D eigenvalue weighted by Crippen LogP contribution is -2.04. The molecule has 0 atom stereocenters. The molecule has 1 aromatic heterocycles. The van der Waals surface area contributed by atoms with Crippen molar-refractivity contribution >= 4 is 10.9 Å². The Balaban J connectivity index is 2.64. The molecule has 0 radical (unpaired) electrons. The van der Waals surface area contributed by atoms with E-state index in [0.717, 1.165) is 29.5 Å². The number of alkyl halides is 3. The molecule has 0 saturated carbocycles. The molecule has 0 unspecified atom stereocenters. The second-order valence-electron chi connectivity index (χ2n) is 3.55. The average molecular weight is 225 g/mol. The van der Waals surface area contributed by atoms with Crippen LogP contribution in [0.5, 0.6) is 0 Å². The summed E-state index contributed by atoms with van der Waals surface area (Å²) in [6.07, 6.45) is -1.98. The van der Waals surface area contributed by atoms with E-state index in [1.807, 2.05) is 13.0 Å². The summed E-state index contributed by atoms with van der Waals surface area (Å²) in [7, 11) is 0. The monoisotopic (exact) mass is 225 g/mol. The minimum absolute atomic E-state index is 0.397. The van der Waals surface area contributed by atoms with Crippen LogP contribution in [0.4, 0.5) is 13.2 Å². The van der Waals surface area contributed by atoms with E-state index in [1.165, 1.54) is 6.07 Å². The zero-order chi connectivity index (χ0) is 11.8. The summed E-state index contributed by atoms with van der Waals surface area (Å²) in [5.74, 6) is 0. The van der Waals surface area contributed by atoms with Crippen molar-refractivity contribution < 1.29 is 13.2 Å². The Bertz CT molecular complexity index is 517. The Morgan fingerprint density at radius 1 is 1.19 bits per heavy atom. The highest BCUT2D eigenvalue weighted by molar-refractivity contribution is 5.82. The van der Waals surface area contributed by atoms with E-state index in [2.05, 4.69) is 4.98 Å². The van der Waals surface area contributed by atoms with Gasteiger partial charge in [-0.1, -0.05) is 13.0 Å². The molecule has 4 heteroatoms. The third-order valence-electron chi connectivity index (χ3n) is 2.54. The maximum Gasteiger partial charge on any atom is 0.416 e. The number of rotatable bonds is 1. The Morgan fingerprint density at radius 2 is 1.94 bits per heavy atom. The van der Waals surface area contributed by atoms with Crippen LogP contribution in [0.2, 0.25) is 0 Å². The van der Waals surface area contributed by atoms with Crippen LogP contribution in [0.3, 0.4) is 0 Å². The van der Waals surface area contributed by atoms with E-state index < -0.39 is 11.7 Å². The van der Waals surface area contributed by atoms with Crippen molar-refractivity contribution in [1.82, 2.24) is 4.98 Å². The fourth-order valence-electron chi connectivity index (χ4n) is 1.69.